The molecule has 4 heteroatoms. The van der Waals surface area contributed by atoms with Gasteiger partial charge in [-0.1, -0.05) is 65.5 Å². The van der Waals surface area contributed by atoms with Crippen molar-refractivity contribution in [3.63, 3.8) is 0 Å². The van der Waals surface area contributed by atoms with Crippen molar-refractivity contribution in [1.29, 1.82) is 0 Å². The van der Waals surface area contributed by atoms with E-state index < -0.39 is 0 Å². The summed E-state index contributed by atoms with van der Waals surface area (Å²) in [6, 6.07) is 0. The zero-order chi connectivity index (χ0) is 25.4. The Bertz CT molecular complexity index is 843. The highest BCUT2D eigenvalue weighted by Crippen LogP contribution is 2.67. The molecule has 4 aliphatic carbocycles. The minimum absolute atomic E-state index is 0.0766. The van der Waals surface area contributed by atoms with Gasteiger partial charge in [-0.3, -0.25) is 14.9 Å². The fourth-order valence-corrected chi connectivity index (χ4v) is 9.02. The highest BCUT2D eigenvalue weighted by Gasteiger charge is 2.59. The van der Waals surface area contributed by atoms with E-state index in [9.17, 15) is 14.7 Å². The van der Waals surface area contributed by atoms with Crippen LogP contribution in [-0.4, -0.2) is 23.0 Å². The first kappa shape index (κ1) is 26.6. The van der Waals surface area contributed by atoms with Gasteiger partial charge >= 0.3 is 0 Å². The lowest BCUT2D eigenvalue weighted by Crippen LogP contribution is -2.50. The first-order valence-corrected chi connectivity index (χ1v) is 14.4. The van der Waals surface area contributed by atoms with Crippen LogP contribution >= 0.6 is 0 Å². The van der Waals surface area contributed by atoms with E-state index in [-0.39, 0.29) is 17.9 Å². The van der Waals surface area contributed by atoms with Crippen molar-refractivity contribution < 1.29 is 14.7 Å². The topological polar surface area (TPSA) is 66.4 Å². The molecule has 5 aliphatic rings. The molecule has 2 N–H and O–H groups in total. The molecule has 0 aromatic rings. The standard InChI is InChI=1S/C27H46O.C4H3NO2/c1-18(2)7-6-8-19(3)23-11-12-24-22-10-9-20-17-21(28)13-15-26(20,4)25(22)14-16-27(23,24)5;6-3-1-2-4(7)5-3/h9,18-19,21-25,28H,6-8,10-17H2,1-5H3;1-2H,(H,5,6,7)/t19-,21+,22+,23-,24+,25+,26+,27-;/m1./s1. The van der Waals surface area contributed by atoms with E-state index in [1.807, 2.05) is 5.32 Å². The van der Waals surface area contributed by atoms with E-state index >= 15 is 0 Å². The number of carbonyl (C=O) groups excluding carboxylic acids is 2. The van der Waals surface area contributed by atoms with E-state index in [4.69, 9.17) is 0 Å². The maximum Gasteiger partial charge on any atom is 0.250 e. The molecule has 0 spiro atoms. The van der Waals surface area contributed by atoms with Crippen LogP contribution in [0, 0.1) is 46.3 Å². The van der Waals surface area contributed by atoms with Crippen LogP contribution in [0.25, 0.3) is 0 Å². The van der Waals surface area contributed by atoms with Gasteiger partial charge in [0.15, 0.2) is 0 Å². The molecule has 2 amide bonds. The minimum Gasteiger partial charge on any atom is -0.393 e. The van der Waals surface area contributed by atoms with E-state index in [0.29, 0.717) is 10.8 Å². The van der Waals surface area contributed by atoms with E-state index in [2.05, 4.69) is 40.7 Å². The Morgan fingerprint density at radius 3 is 2.31 bits per heavy atom. The van der Waals surface area contributed by atoms with E-state index in [1.54, 1.807) is 5.57 Å². The number of hydrogen-bond donors (Lipinski definition) is 2. The lowest BCUT2D eigenvalue weighted by Gasteiger charge is -2.58. The highest BCUT2D eigenvalue weighted by molar-refractivity contribution is 6.12. The molecule has 5 rings (SSSR count). The molecule has 0 saturated heterocycles. The molecule has 3 fully saturated rings. The summed E-state index contributed by atoms with van der Waals surface area (Å²) in [4.78, 5) is 20.1. The summed E-state index contributed by atoms with van der Waals surface area (Å²) in [5, 5.41) is 12.2. The SMILES string of the molecule is CC(C)CCC[C@@H](C)[C@H]1CC[C@H]2[C@@H]3CC=C4C[C@@H](O)CC[C@]4(C)[C@H]3CC[C@]12C.O=C1C=CC(=O)N1. The van der Waals surface area contributed by atoms with Crippen molar-refractivity contribution in [2.75, 3.05) is 0 Å². The largest absolute Gasteiger partial charge is 0.393 e. The summed E-state index contributed by atoms with van der Waals surface area (Å²) in [6.45, 7) is 12.6. The molecule has 3 saturated carbocycles. The third-order valence-electron chi connectivity index (χ3n) is 10.9. The van der Waals surface area contributed by atoms with Gasteiger partial charge in [0.25, 0.3) is 11.8 Å². The van der Waals surface area contributed by atoms with E-state index in [0.717, 1.165) is 48.3 Å². The second-order valence-corrected chi connectivity index (χ2v) is 13.4. The maximum absolute atomic E-state index is 10.2. The van der Waals surface area contributed by atoms with Gasteiger partial charge in [0.1, 0.15) is 0 Å². The molecule has 0 unspecified atom stereocenters. The average molecular weight is 484 g/mol. The monoisotopic (exact) mass is 483 g/mol. The van der Waals surface area contributed by atoms with Crippen LogP contribution in [0.4, 0.5) is 0 Å². The summed E-state index contributed by atoms with van der Waals surface area (Å²) in [5.41, 5.74) is 2.60. The second-order valence-electron chi connectivity index (χ2n) is 13.4. The number of rotatable bonds is 5. The molecule has 196 valence electrons. The van der Waals surface area contributed by atoms with Crippen molar-refractivity contribution in [3.05, 3.63) is 23.8 Å². The zero-order valence-electron chi connectivity index (χ0n) is 22.8. The molecule has 0 aromatic heterocycles. The molecule has 35 heavy (non-hydrogen) atoms. The molecular weight excluding hydrogens is 434 g/mol. The second kappa shape index (κ2) is 10.5. The Hall–Kier alpha value is -1.42. The van der Waals surface area contributed by atoms with Crippen LogP contribution in [0.1, 0.15) is 105 Å². The smallest absolute Gasteiger partial charge is 0.250 e. The summed E-state index contributed by atoms with van der Waals surface area (Å²) >= 11 is 0. The summed E-state index contributed by atoms with van der Waals surface area (Å²) < 4.78 is 0. The lowest BCUT2D eigenvalue weighted by molar-refractivity contribution is -0.123. The van der Waals surface area contributed by atoms with Gasteiger partial charge in [-0.25, -0.2) is 0 Å². The predicted octanol–water partition coefficient (Wildman–Crippen LogP) is 6.59. The number of fused-ring (bicyclic) bond motifs is 5. The Morgan fingerprint density at radius 1 is 0.971 bits per heavy atom. The number of carbonyl (C=O) groups is 2. The molecule has 0 aromatic carbocycles. The Kier molecular flexibility index (Phi) is 8.01. The van der Waals surface area contributed by atoms with Crippen molar-refractivity contribution in [2.45, 2.75) is 111 Å². The van der Waals surface area contributed by atoms with Gasteiger partial charge < -0.3 is 5.11 Å². The van der Waals surface area contributed by atoms with Crippen LogP contribution in [0.3, 0.4) is 0 Å². The van der Waals surface area contributed by atoms with Gasteiger partial charge in [-0.2, -0.15) is 0 Å². The van der Waals surface area contributed by atoms with Crippen molar-refractivity contribution >= 4 is 11.8 Å². The number of nitrogens with one attached hydrogen (secondary N) is 1. The average Bonchev–Trinajstić information content (AvgIpc) is 3.35. The highest BCUT2D eigenvalue weighted by atomic mass is 16.3. The van der Waals surface area contributed by atoms with Crippen LogP contribution in [0.5, 0.6) is 0 Å². The van der Waals surface area contributed by atoms with Crippen LogP contribution in [0.15, 0.2) is 23.8 Å². The first-order chi connectivity index (χ1) is 16.5. The van der Waals surface area contributed by atoms with Gasteiger partial charge in [0.05, 0.1) is 6.10 Å². The minimum atomic E-state index is -0.329. The summed E-state index contributed by atoms with van der Waals surface area (Å²) in [5.74, 6) is 4.80. The van der Waals surface area contributed by atoms with Crippen molar-refractivity contribution in [2.24, 2.45) is 46.3 Å². The van der Waals surface area contributed by atoms with Crippen molar-refractivity contribution in [1.82, 2.24) is 5.32 Å². The molecule has 1 heterocycles. The molecule has 1 aliphatic heterocycles. The third kappa shape index (κ3) is 5.33. The van der Waals surface area contributed by atoms with Crippen molar-refractivity contribution in [3.8, 4) is 0 Å². The van der Waals surface area contributed by atoms with Crippen LogP contribution in [0.2, 0.25) is 0 Å². The lowest BCUT2D eigenvalue weighted by atomic mass is 9.47. The number of hydrogen-bond acceptors (Lipinski definition) is 3. The normalized spacial score (nSPS) is 40.8. The number of allylic oxidation sites excluding steroid dienone is 1. The molecule has 8 atom stereocenters. The van der Waals surface area contributed by atoms with Gasteiger partial charge in [0, 0.05) is 12.2 Å². The molecule has 0 radical (unpaired) electrons. The van der Waals surface area contributed by atoms with Gasteiger partial charge in [-0.05, 0) is 97.7 Å². The summed E-state index contributed by atoms with van der Waals surface area (Å²) in [6.07, 6.45) is 19.6. The van der Waals surface area contributed by atoms with E-state index in [1.165, 1.54) is 69.9 Å². The molecule has 0 bridgehead atoms. The predicted molar refractivity (Wildman–Crippen MR) is 141 cm³/mol. The number of amides is 2. The number of imide groups is 1. The Morgan fingerprint density at radius 2 is 1.69 bits per heavy atom. The first-order valence-electron chi connectivity index (χ1n) is 14.4. The Balaban J connectivity index is 0.000000356. The summed E-state index contributed by atoms with van der Waals surface area (Å²) in [7, 11) is 0. The quantitative estimate of drug-likeness (QED) is 0.342. The maximum atomic E-state index is 10.2. The van der Waals surface area contributed by atoms with Gasteiger partial charge in [-0.15, -0.1) is 0 Å². The number of aliphatic hydroxyl groups is 1. The van der Waals surface area contributed by atoms with Gasteiger partial charge in [0.2, 0.25) is 0 Å². The fraction of sp³-hybridized carbons (Fsp3) is 0.806. The number of aliphatic hydroxyl groups excluding tert-OH is 1. The zero-order valence-corrected chi connectivity index (χ0v) is 22.8. The third-order valence-corrected chi connectivity index (χ3v) is 10.9. The van der Waals surface area contributed by atoms with Crippen LogP contribution < -0.4 is 5.32 Å². The molecule has 4 nitrogen and oxygen atoms in total. The fourth-order valence-electron chi connectivity index (χ4n) is 9.02. The molecular formula is C31H49NO3. The van der Waals surface area contributed by atoms with Crippen LogP contribution in [-0.2, 0) is 9.59 Å². The Labute approximate surface area is 213 Å².